The number of fused-ring (bicyclic) bond motifs is 1. The Morgan fingerprint density at radius 1 is 1.09 bits per heavy atom. The van der Waals surface area contributed by atoms with Crippen LogP contribution in [0.3, 0.4) is 0 Å². The molecular formula is C18H18N2OS2. The van der Waals surface area contributed by atoms with E-state index in [-0.39, 0.29) is 5.91 Å². The Morgan fingerprint density at radius 3 is 2.52 bits per heavy atom. The molecular weight excluding hydrogens is 324 g/mol. The van der Waals surface area contributed by atoms with Crippen molar-refractivity contribution in [2.45, 2.75) is 13.8 Å². The lowest BCUT2D eigenvalue weighted by atomic mass is 10.1. The van der Waals surface area contributed by atoms with Crippen LogP contribution in [-0.2, 0) is 4.79 Å². The van der Waals surface area contributed by atoms with Crippen molar-refractivity contribution in [2.24, 2.45) is 0 Å². The average molecular weight is 342 g/mol. The van der Waals surface area contributed by atoms with Crippen LogP contribution in [0.25, 0.3) is 6.08 Å². The molecule has 0 radical (unpaired) electrons. The summed E-state index contributed by atoms with van der Waals surface area (Å²) in [5.41, 5.74) is 3.48. The molecule has 0 aliphatic carbocycles. The van der Waals surface area contributed by atoms with Crippen molar-refractivity contribution in [3.63, 3.8) is 0 Å². The van der Waals surface area contributed by atoms with Crippen LogP contribution in [-0.4, -0.2) is 28.2 Å². The van der Waals surface area contributed by atoms with Gasteiger partial charge >= 0.3 is 0 Å². The van der Waals surface area contributed by atoms with Gasteiger partial charge in [-0.2, -0.15) is 0 Å². The molecule has 2 heterocycles. The smallest absolute Gasteiger partial charge is 0.266 e. The second-order valence-corrected chi connectivity index (χ2v) is 6.85. The quantitative estimate of drug-likeness (QED) is 0.607. The Kier molecular flexibility index (Phi) is 4.68. The van der Waals surface area contributed by atoms with Crippen molar-refractivity contribution >= 4 is 46.0 Å². The zero-order chi connectivity index (χ0) is 16.4. The number of carbonyl (C=O) groups is 1. The van der Waals surface area contributed by atoms with Crippen molar-refractivity contribution < 1.29 is 4.79 Å². The first-order valence-corrected chi connectivity index (χ1v) is 8.88. The van der Waals surface area contributed by atoms with Crippen LogP contribution in [0.2, 0.25) is 0 Å². The van der Waals surface area contributed by atoms with E-state index in [2.05, 4.69) is 36.1 Å². The number of hydrogen-bond donors (Lipinski definition) is 0. The molecule has 1 saturated heterocycles. The molecule has 3 nitrogen and oxygen atoms in total. The van der Waals surface area contributed by atoms with E-state index < -0.39 is 0 Å². The number of amides is 1. The third kappa shape index (κ3) is 2.99. The standard InChI is InChI=1S/C18H18N2OS2/c1-3-19-14(10-9-13-7-5-6-8-15(13)19)11-12-16-17(21)20(4-2)18(22)23-16/h5-12H,3-4H2,1-2H3/b14-11?,16-12-. The summed E-state index contributed by atoms with van der Waals surface area (Å²) < 4.78 is 0.638. The Labute approximate surface area is 146 Å². The number of carbonyl (C=O) groups excluding carboxylic acids is 1. The van der Waals surface area contributed by atoms with Gasteiger partial charge in [-0.15, -0.1) is 0 Å². The van der Waals surface area contributed by atoms with Gasteiger partial charge in [0, 0.05) is 24.5 Å². The second-order valence-electron chi connectivity index (χ2n) is 5.18. The minimum absolute atomic E-state index is 0.00240. The van der Waals surface area contributed by atoms with Gasteiger partial charge in [0.2, 0.25) is 0 Å². The first kappa shape index (κ1) is 16.0. The lowest BCUT2D eigenvalue weighted by Crippen LogP contribution is -2.27. The van der Waals surface area contributed by atoms with Gasteiger partial charge in [0.15, 0.2) is 0 Å². The molecule has 0 N–H and O–H groups in total. The Hall–Kier alpha value is -1.85. The number of para-hydroxylation sites is 1. The summed E-state index contributed by atoms with van der Waals surface area (Å²) in [5, 5.41) is 0. The Bertz CT molecular complexity index is 749. The summed E-state index contributed by atoms with van der Waals surface area (Å²) in [6.45, 7) is 5.55. The van der Waals surface area contributed by atoms with Gasteiger partial charge in [0.25, 0.3) is 5.91 Å². The molecule has 0 aromatic heterocycles. The van der Waals surface area contributed by atoms with Crippen LogP contribution >= 0.6 is 24.0 Å². The van der Waals surface area contributed by atoms with Gasteiger partial charge < -0.3 is 4.90 Å². The highest BCUT2D eigenvalue weighted by atomic mass is 32.2. The molecule has 0 spiro atoms. The van der Waals surface area contributed by atoms with Gasteiger partial charge in [0.1, 0.15) is 4.32 Å². The zero-order valence-corrected chi connectivity index (χ0v) is 14.8. The summed E-state index contributed by atoms with van der Waals surface area (Å²) in [4.78, 5) is 16.8. The number of anilines is 1. The molecule has 0 bridgehead atoms. The lowest BCUT2D eigenvalue weighted by Gasteiger charge is -2.29. The number of hydrogen-bond acceptors (Lipinski definition) is 4. The molecule has 0 unspecified atom stereocenters. The summed E-state index contributed by atoms with van der Waals surface area (Å²) >= 11 is 6.62. The number of nitrogens with zero attached hydrogens (tertiary/aromatic N) is 2. The topological polar surface area (TPSA) is 23.6 Å². The number of benzene rings is 1. The van der Waals surface area contributed by atoms with E-state index in [1.54, 1.807) is 4.90 Å². The Balaban J connectivity index is 1.91. The zero-order valence-electron chi connectivity index (χ0n) is 13.2. The van der Waals surface area contributed by atoms with E-state index in [0.29, 0.717) is 15.8 Å². The van der Waals surface area contributed by atoms with Crippen LogP contribution in [0.5, 0.6) is 0 Å². The Morgan fingerprint density at radius 2 is 1.83 bits per heavy atom. The van der Waals surface area contributed by atoms with Crippen LogP contribution in [0.4, 0.5) is 5.69 Å². The molecule has 23 heavy (non-hydrogen) atoms. The van der Waals surface area contributed by atoms with Crippen molar-refractivity contribution in [1.82, 2.24) is 4.90 Å². The summed E-state index contributed by atoms with van der Waals surface area (Å²) in [5.74, 6) is 0.00240. The molecule has 3 rings (SSSR count). The fourth-order valence-electron chi connectivity index (χ4n) is 2.72. The molecule has 5 heteroatoms. The number of thiocarbonyl (C=S) groups is 1. The normalized spacial score (nSPS) is 20.8. The maximum absolute atomic E-state index is 12.3. The monoisotopic (exact) mass is 342 g/mol. The van der Waals surface area contributed by atoms with E-state index in [1.165, 1.54) is 23.0 Å². The van der Waals surface area contributed by atoms with E-state index in [1.807, 2.05) is 31.2 Å². The molecule has 1 fully saturated rings. The molecule has 1 aromatic rings. The van der Waals surface area contributed by atoms with Gasteiger partial charge in [-0.3, -0.25) is 9.69 Å². The van der Waals surface area contributed by atoms with Crippen LogP contribution in [0.1, 0.15) is 19.4 Å². The number of likely N-dealkylation sites (N-methyl/N-ethyl adjacent to an activating group) is 2. The highest BCUT2D eigenvalue weighted by Crippen LogP contribution is 2.33. The first-order valence-electron chi connectivity index (χ1n) is 7.66. The van der Waals surface area contributed by atoms with Gasteiger partial charge in [-0.1, -0.05) is 48.3 Å². The van der Waals surface area contributed by atoms with Gasteiger partial charge in [-0.25, -0.2) is 0 Å². The van der Waals surface area contributed by atoms with E-state index in [0.717, 1.165) is 12.2 Å². The van der Waals surface area contributed by atoms with E-state index >= 15 is 0 Å². The second kappa shape index (κ2) is 6.72. The fraction of sp³-hybridized carbons (Fsp3) is 0.222. The summed E-state index contributed by atoms with van der Waals surface area (Å²) in [6, 6.07) is 8.32. The first-order chi connectivity index (χ1) is 11.2. The summed E-state index contributed by atoms with van der Waals surface area (Å²) in [6.07, 6.45) is 8.07. The van der Waals surface area contributed by atoms with Crippen LogP contribution < -0.4 is 4.90 Å². The van der Waals surface area contributed by atoms with Crippen molar-refractivity contribution in [3.05, 3.63) is 58.7 Å². The van der Waals surface area contributed by atoms with Crippen LogP contribution in [0.15, 0.2) is 53.1 Å². The van der Waals surface area contributed by atoms with Crippen molar-refractivity contribution in [2.75, 3.05) is 18.0 Å². The third-order valence-electron chi connectivity index (χ3n) is 3.88. The van der Waals surface area contributed by atoms with Gasteiger partial charge in [-0.05, 0) is 43.7 Å². The molecule has 1 amide bonds. The van der Waals surface area contributed by atoms with E-state index in [9.17, 15) is 4.79 Å². The number of rotatable bonds is 3. The number of allylic oxidation sites excluding steroid dienone is 3. The molecule has 0 saturated carbocycles. The maximum Gasteiger partial charge on any atom is 0.266 e. The molecule has 118 valence electrons. The minimum Gasteiger partial charge on any atom is -0.341 e. The van der Waals surface area contributed by atoms with Crippen molar-refractivity contribution in [1.29, 1.82) is 0 Å². The predicted molar refractivity (Wildman–Crippen MR) is 102 cm³/mol. The highest BCUT2D eigenvalue weighted by Gasteiger charge is 2.30. The lowest BCUT2D eigenvalue weighted by molar-refractivity contribution is -0.122. The maximum atomic E-state index is 12.3. The van der Waals surface area contributed by atoms with Crippen molar-refractivity contribution in [3.8, 4) is 0 Å². The molecule has 2 aliphatic rings. The fourth-order valence-corrected chi connectivity index (χ4v) is 4.05. The molecule has 2 aliphatic heterocycles. The predicted octanol–water partition coefficient (Wildman–Crippen LogP) is 4.19. The third-order valence-corrected chi connectivity index (χ3v) is 5.28. The highest BCUT2D eigenvalue weighted by molar-refractivity contribution is 8.26. The molecule has 1 aromatic carbocycles. The number of thioether (sulfide) groups is 1. The minimum atomic E-state index is 0.00240. The summed E-state index contributed by atoms with van der Waals surface area (Å²) in [7, 11) is 0. The molecule has 0 atom stereocenters. The van der Waals surface area contributed by atoms with Crippen LogP contribution in [0, 0.1) is 0 Å². The van der Waals surface area contributed by atoms with E-state index in [4.69, 9.17) is 12.2 Å². The van der Waals surface area contributed by atoms with Gasteiger partial charge in [0.05, 0.1) is 4.91 Å². The largest absolute Gasteiger partial charge is 0.341 e. The SMILES string of the molecule is CCN1C(=O)/C(=C/C=C2C=Cc3ccccc3N2CC)SC1=S. The average Bonchev–Trinajstić information content (AvgIpc) is 2.85.